The second-order valence-electron chi connectivity index (χ2n) is 5.55. The molecule has 1 unspecified atom stereocenters. The fourth-order valence-corrected chi connectivity index (χ4v) is 2.37. The number of benzene rings is 2. The van der Waals surface area contributed by atoms with Crippen LogP contribution in [0.2, 0.25) is 0 Å². The van der Waals surface area contributed by atoms with Crippen molar-refractivity contribution in [2.45, 2.75) is 19.8 Å². The van der Waals surface area contributed by atoms with Gasteiger partial charge in [-0.25, -0.2) is 0 Å². The maximum Gasteiger partial charge on any atom is 0.163 e. The minimum absolute atomic E-state index is 0.0271. The highest BCUT2D eigenvalue weighted by atomic mass is 16.1. The molecule has 0 saturated heterocycles. The van der Waals surface area contributed by atoms with Crippen LogP contribution in [-0.2, 0) is 0 Å². The molecule has 0 saturated carbocycles. The van der Waals surface area contributed by atoms with Crippen LogP contribution < -0.4 is 0 Å². The van der Waals surface area contributed by atoms with E-state index in [4.69, 9.17) is 0 Å². The topological polar surface area (TPSA) is 34.1 Å². The molecule has 112 valence electrons. The van der Waals surface area contributed by atoms with Crippen molar-refractivity contribution in [2.75, 3.05) is 0 Å². The molecule has 0 radical (unpaired) electrons. The first-order valence-electron chi connectivity index (χ1n) is 7.44. The van der Waals surface area contributed by atoms with E-state index in [-0.39, 0.29) is 17.5 Å². The van der Waals surface area contributed by atoms with Gasteiger partial charge in [0.15, 0.2) is 11.6 Å². The van der Waals surface area contributed by atoms with Crippen molar-refractivity contribution in [1.29, 1.82) is 0 Å². The van der Waals surface area contributed by atoms with Crippen LogP contribution >= 0.6 is 0 Å². The van der Waals surface area contributed by atoms with Crippen molar-refractivity contribution in [3.05, 3.63) is 77.9 Å². The van der Waals surface area contributed by atoms with Crippen LogP contribution in [0.25, 0.3) is 6.08 Å². The molecule has 0 N–H and O–H groups in total. The quantitative estimate of drug-likeness (QED) is 0.686. The smallest absolute Gasteiger partial charge is 0.163 e. The van der Waals surface area contributed by atoms with Gasteiger partial charge in [-0.05, 0) is 11.5 Å². The van der Waals surface area contributed by atoms with Crippen LogP contribution in [0.3, 0.4) is 0 Å². The van der Waals surface area contributed by atoms with Gasteiger partial charge in [-0.1, -0.05) is 74.2 Å². The van der Waals surface area contributed by atoms with Crippen LogP contribution in [0.1, 0.15) is 46.0 Å². The normalized spacial score (nSPS) is 11.7. The molecule has 2 nitrogen and oxygen atoms in total. The van der Waals surface area contributed by atoms with Crippen molar-refractivity contribution < 1.29 is 9.59 Å². The Labute approximate surface area is 131 Å². The lowest BCUT2D eigenvalue weighted by Gasteiger charge is -2.10. The lowest BCUT2D eigenvalue weighted by atomic mass is 9.93. The van der Waals surface area contributed by atoms with E-state index in [0.29, 0.717) is 24.0 Å². The van der Waals surface area contributed by atoms with Crippen molar-refractivity contribution >= 4 is 17.6 Å². The zero-order chi connectivity index (χ0) is 15.9. The van der Waals surface area contributed by atoms with E-state index in [1.807, 2.05) is 61.5 Å². The molecule has 0 aromatic heterocycles. The molecule has 0 aliphatic heterocycles. The molecule has 0 bridgehead atoms. The number of carbonyl (C=O) groups is 2. The summed E-state index contributed by atoms with van der Waals surface area (Å²) in [5, 5.41) is 0. The van der Waals surface area contributed by atoms with E-state index in [9.17, 15) is 9.59 Å². The minimum Gasteiger partial charge on any atom is -0.294 e. The van der Waals surface area contributed by atoms with Crippen molar-refractivity contribution in [2.24, 2.45) is 5.92 Å². The third-order valence-corrected chi connectivity index (χ3v) is 3.63. The molecular formula is C20H20O2. The lowest BCUT2D eigenvalue weighted by Crippen LogP contribution is -2.11. The van der Waals surface area contributed by atoms with Crippen LogP contribution in [0, 0.1) is 5.92 Å². The monoisotopic (exact) mass is 292 g/mol. The Hall–Kier alpha value is -2.48. The third-order valence-electron chi connectivity index (χ3n) is 3.63. The Balaban J connectivity index is 1.93. The molecular weight excluding hydrogens is 272 g/mol. The zero-order valence-electron chi connectivity index (χ0n) is 12.8. The number of Topliss-reactive ketones (excluding diaryl/α,β-unsaturated/α-hetero) is 2. The largest absolute Gasteiger partial charge is 0.294 e. The van der Waals surface area contributed by atoms with Gasteiger partial charge in [-0.2, -0.15) is 0 Å². The molecule has 2 heteroatoms. The fourth-order valence-electron chi connectivity index (χ4n) is 2.37. The summed E-state index contributed by atoms with van der Waals surface area (Å²) >= 11 is 0. The number of carbonyl (C=O) groups excluding carboxylic acids is 2. The molecule has 2 aromatic rings. The zero-order valence-corrected chi connectivity index (χ0v) is 12.8. The van der Waals surface area contributed by atoms with Gasteiger partial charge in [0.2, 0.25) is 0 Å². The third kappa shape index (κ3) is 4.26. The number of hydrogen-bond acceptors (Lipinski definition) is 2. The highest BCUT2D eigenvalue weighted by Gasteiger charge is 2.15. The van der Waals surface area contributed by atoms with Crippen molar-refractivity contribution in [1.82, 2.24) is 0 Å². The predicted octanol–water partition coefficient (Wildman–Crippen LogP) is 4.81. The summed E-state index contributed by atoms with van der Waals surface area (Å²) < 4.78 is 0. The highest BCUT2D eigenvalue weighted by Crippen LogP contribution is 2.17. The molecule has 0 heterocycles. The van der Waals surface area contributed by atoms with Gasteiger partial charge in [0.25, 0.3) is 0 Å². The predicted molar refractivity (Wildman–Crippen MR) is 90.0 cm³/mol. The first kappa shape index (κ1) is 15.9. The molecule has 2 rings (SSSR count). The Bertz CT molecular complexity index is 654. The first-order valence-corrected chi connectivity index (χ1v) is 7.44. The van der Waals surface area contributed by atoms with Crippen LogP contribution in [0.5, 0.6) is 0 Å². The van der Waals surface area contributed by atoms with Crippen LogP contribution in [-0.4, -0.2) is 11.6 Å². The summed E-state index contributed by atoms with van der Waals surface area (Å²) in [5.74, 6) is 0.186. The van der Waals surface area contributed by atoms with Gasteiger partial charge in [0, 0.05) is 24.0 Å². The maximum absolute atomic E-state index is 12.2. The van der Waals surface area contributed by atoms with Gasteiger partial charge < -0.3 is 0 Å². The average Bonchev–Trinajstić information content (AvgIpc) is 2.55. The van der Waals surface area contributed by atoms with Crippen LogP contribution in [0.4, 0.5) is 0 Å². The Morgan fingerprint density at radius 1 is 0.909 bits per heavy atom. The summed E-state index contributed by atoms with van der Waals surface area (Å²) in [5.41, 5.74) is 2.38. The van der Waals surface area contributed by atoms with Crippen molar-refractivity contribution in [3.8, 4) is 0 Å². The van der Waals surface area contributed by atoms with E-state index >= 15 is 0 Å². The van der Waals surface area contributed by atoms with Gasteiger partial charge >= 0.3 is 0 Å². The van der Waals surface area contributed by atoms with Gasteiger partial charge in [-0.3, -0.25) is 9.59 Å². The number of rotatable bonds is 7. The first-order chi connectivity index (χ1) is 10.6. The van der Waals surface area contributed by atoms with E-state index in [2.05, 4.69) is 6.58 Å². The van der Waals surface area contributed by atoms with Crippen LogP contribution in [0.15, 0.2) is 61.2 Å². The fraction of sp³-hybridized carbons (Fsp3) is 0.200. The van der Waals surface area contributed by atoms with Gasteiger partial charge in [-0.15, -0.1) is 0 Å². The summed E-state index contributed by atoms with van der Waals surface area (Å²) in [4.78, 5) is 24.4. The molecule has 2 aromatic carbocycles. The van der Waals surface area contributed by atoms with E-state index in [0.717, 1.165) is 5.56 Å². The molecule has 1 atom stereocenters. The van der Waals surface area contributed by atoms with E-state index < -0.39 is 0 Å². The Kier molecular flexibility index (Phi) is 5.42. The summed E-state index contributed by atoms with van der Waals surface area (Å²) in [7, 11) is 0. The van der Waals surface area contributed by atoms with Gasteiger partial charge in [0.1, 0.15) is 0 Å². The van der Waals surface area contributed by atoms with Gasteiger partial charge in [0.05, 0.1) is 0 Å². The molecule has 0 aliphatic rings. The highest BCUT2D eigenvalue weighted by molar-refractivity contribution is 5.98. The number of ketones is 2. The van der Waals surface area contributed by atoms with E-state index in [1.54, 1.807) is 6.08 Å². The second kappa shape index (κ2) is 7.51. The average molecular weight is 292 g/mol. The molecule has 0 amide bonds. The maximum atomic E-state index is 12.2. The SMILES string of the molecule is C=Cc1ccc(C(=O)CC(C)CC(=O)c2ccccc2)cc1. The molecule has 22 heavy (non-hydrogen) atoms. The minimum atomic E-state index is 0.0271. The Morgan fingerprint density at radius 2 is 1.41 bits per heavy atom. The second-order valence-corrected chi connectivity index (χ2v) is 5.55. The number of hydrogen-bond donors (Lipinski definition) is 0. The summed E-state index contributed by atoms with van der Waals surface area (Å²) in [6, 6.07) is 16.6. The molecule has 0 spiro atoms. The lowest BCUT2D eigenvalue weighted by molar-refractivity contribution is 0.0928. The molecule has 0 aliphatic carbocycles. The summed E-state index contributed by atoms with van der Waals surface area (Å²) in [6.07, 6.45) is 2.52. The molecule has 0 fully saturated rings. The van der Waals surface area contributed by atoms with Crippen molar-refractivity contribution in [3.63, 3.8) is 0 Å². The summed E-state index contributed by atoms with van der Waals surface area (Å²) in [6.45, 7) is 5.63. The Morgan fingerprint density at radius 3 is 1.91 bits per heavy atom. The van der Waals surface area contributed by atoms with E-state index in [1.165, 1.54) is 0 Å². The standard InChI is InChI=1S/C20H20O2/c1-3-16-9-11-18(12-10-16)20(22)14-15(2)13-19(21)17-7-5-4-6-8-17/h3-12,15H,1,13-14H2,2H3.